The van der Waals surface area contributed by atoms with Gasteiger partial charge in [-0.25, -0.2) is 18.1 Å². The summed E-state index contributed by atoms with van der Waals surface area (Å²) in [5.41, 5.74) is 4.24. The lowest BCUT2D eigenvalue weighted by Crippen LogP contribution is -2.50. The van der Waals surface area contributed by atoms with Crippen molar-refractivity contribution in [2.75, 3.05) is 26.2 Å². The number of carbonyl (C=O) groups excluding carboxylic acids is 1. The zero-order chi connectivity index (χ0) is 24.7. The molecule has 1 saturated heterocycles. The van der Waals surface area contributed by atoms with E-state index >= 15 is 0 Å². The first-order valence-electron chi connectivity index (χ1n) is 12.5. The van der Waals surface area contributed by atoms with E-state index in [-0.39, 0.29) is 19.0 Å². The molecule has 0 radical (unpaired) electrons. The number of hydrogen-bond acceptors (Lipinski definition) is 5. The van der Waals surface area contributed by atoms with Crippen molar-refractivity contribution in [1.82, 2.24) is 24.0 Å². The molecule has 0 atom stereocenters. The minimum Gasteiger partial charge on any atom is -0.336 e. The Morgan fingerprint density at radius 3 is 2.37 bits per heavy atom. The summed E-state index contributed by atoms with van der Waals surface area (Å²) in [7, 11) is -3.58. The van der Waals surface area contributed by atoms with E-state index < -0.39 is 10.0 Å². The SMILES string of the molecule is CCCCn1nc(C)c2c(C(=O)N3CCN(S(=O)(=O)c4ccc(C)cc4)CC3)cc(C3CC3)nc21. The third-order valence-electron chi connectivity index (χ3n) is 7.03. The predicted molar refractivity (Wildman–Crippen MR) is 135 cm³/mol. The first-order chi connectivity index (χ1) is 16.8. The molecule has 35 heavy (non-hydrogen) atoms. The van der Waals surface area contributed by atoms with E-state index in [2.05, 4.69) is 6.92 Å². The molecule has 3 heterocycles. The second-order valence-electron chi connectivity index (χ2n) is 9.74. The quantitative estimate of drug-likeness (QED) is 0.496. The summed E-state index contributed by atoms with van der Waals surface area (Å²) in [5.74, 6) is 0.349. The molecule has 1 aromatic carbocycles. The number of pyridine rings is 1. The van der Waals surface area contributed by atoms with Gasteiger partial charge in [-0.05, 0) is 51.3 Å². The summed E-state index contributed by atoms with van der Waals surface area (Å²) in [6, 6.07) is 8.86. The van der Waals surface area contributed by atoms with Crippen molar-refractivity contribution in [3.63, 3.8) is 0 Å². The number of amides is 1. The number of fused-ring (bicyclic) bond motifs is 1. The summed E-state index contributed by atoms with van der Waals surface area (Å²) in [5, 5.41) is 5.54. The van der Waals surface area contributed by atoms with Crippen LogP contribution in [0.2, 0.25) is 0 Å². The van der Waals surface area contributed by atoms with E-state index in [0.717, 1.165) is 60.2 Å². The molecular formula is C26H33N5O3S. The maximum atomic E-state index is 13.7. The standard InChI is InChI=1S/C26H33N5O3S/c1-4-5-12-31-25-24(19(3)28-31)22(17-23(27-25)20-8-9-20)26(32)29-13-15-30(16-14-29)35(33,34)21-10-6-18(2)7-11-21/h6-7,10-11,17,20H,4-5,8-9,12-16H2,1-3H3. The number of nitrogens with zero attached hydrogens (tertiary/aromatic N) is 5. The van der Waals surface area contributed by atoms with E-state index in [1.54, 1.807) is 17.0 Å². The number of aromatic nitrogens is 3. The fraction of sp³-hybridized carbons (Fsp3) is 0.500. The monoisotopic (exact) mass is 495 g/mol. The Morgan fingerprint density at radius 2 is 1.74 bits per heavy atom. The Kier molecular flexibility index (Phi) is 6.40. The highest BCUT2D eigenvalue weighted by molar-refractivity contribution is 7.89. The Labute approximate surface area is 207 Å². The van der Waals surface area contributed by atoms with Crippen LogP contribution in [0.3, 0.4) is 0 Å². The van der Waals surface area contributed by atoms with Crippen molar-refractivity contribution in [3.05, 3.63) is 52.8 Å². The van der Waals surface area contributed by atoms with Gasteiger partial charge in [0.05, 0.1) is 21.5 Å². The second-order valence-corrected chi connectivity index (χ2v) is 11.7. The van der Waals surface area contributed by atoms with Crippen molar-refractivity contribution in [2.45, 2.75) is 63.8 Å². The molecule has 2 aliphatic rings. The number of aryl methyl sites for hydroxylation is 3. The average Bonchev–Trinajstić information content (AvgIpc) is 3.66. The van der Waals surface area contributed by atoms with Gasteiger partial charge in [-0.2, -0.15) is 9.40 Å². The Morgan fingerprint density at radius 1 is 1.06 bits per heavy atom. The molecule has 1 saturated carbocycles. The van der Waals surface area contributed by atoms with Crippen LogP contribution in [0.25, 0.3) is 11.0 Å². The summed E-state index contributed by atoms with van der Waals surface area (Å²) in [6.07, 6.45) is 4.27. The summed E-state index contributed by atoms with van der Waals surface area (Å²) < 4.78 is 29.6. The molecule has 0 spiro atoms. The van der Waals surface area contributed by atoms with Crippen LogP contribution in [0.5, 0.6) is 0 Å². The van der Waals surface area contributed by atoms with Crippen LogP contribution >= 0.6 is 0 Å². The van der Waals surface area contributed by atoms with E-state index in [0.29, 0.717) is 29.5 Å². The van der Waals surface area contributed by atoms with Crippen molar-refractivity contribution >= 4 is 27.0 Å². The first-order valence-corrected chi connectivity index (χ1v) is 14.0. The molecule has 3 aromatic rings. The highest BCUT2D eigenvalue weighted by Crippen LogP contribution is 2.40. The molecule has 186 valence electrons. The molecule has 0 N–H and O–H groups in total. The zero-order valence-electron chi connectivity index (χ0n) is 20.7. The first kappa shape index (κ1) is 23.9. The molecule has 2 aromatic heterocycles. The lowest BCUT2D eigenvalue weighted by molar-refractivity contribution is 0.0699. The summed E-state index contributed by atoms with van der Waals surface area (Å²) in [6.45, 7) is 8.07. The number of unbranched alkanes of at least 4 members (excludes halogenated alkanes) is 1. The van der Waals surface area contributed by atoms with Gasteiger partial charge in [0.1, 0.15) is 0 Å². The van der Waals surface area contributed by atoms with Gasteiger partial charge in [0.25, 0.3) is 5.91 Å². The Balaban J connectivity index is 1.40. The molecule has 5 rings (SSSR count). The topological polar surface area (TPSA) is 88.4 Å². The van der Waals surface area contributed by atoms with E-state index in [9.17, 15) is 13.2 Å². The smallest absolute Gasteiger partial charge is 0.254 e. The van der Waals surface area contributed by atoms with Gasteiger partial charge in [-0.3, -0.25) is 4.79 Å². The van der Waals surface area contributed by atoms with Gasteiger partial charge >= 0.3 is 0 Å². The normalized spacial score (nSPS) is 17.3. The largest absolute Gasteiger partial charge is 0.336 e. The van der Waals surface area contributed by atoms with Crippen LogP contribution in [-0.4, -0.2) is 64.5 Å². The highest BCUT2D eigenvalue weighted by Gasteiger charge is 2.33. The van der Waals surface area contributed by atoms with Gasteiger partial charge in [-0.15, -0.1) is 0 Å². The van der Waals surface area contributed by atoms with Gasteiger partial charge in [0.15, 0.2) is 5.65 Å². The molecular weight excluding hydrogens is 462 g/mol. The summed E-state index contributed by atoms with van der Waals surface area (Å²) >= 11 is 0. The number of hydrogen-bond donors (Lipinski definition) is 0. The maximum absolute atomic E-state index is 13.7. The number of piperazine rings is 1. The van der Waals surface area contributed by atoms with Crippen molar-refractivity contribution in [1.29, 1.82) is 0 Å². The van der Waals surface area contributed by atoms with Crippen molar-refractivity contribution in [2.24, 2.45) is 0 Å². The van der Waals surface area contributed by atoms with Gasteiger partial charge in [0.2, 0.25) is 10.0 Å². The van der Waals surface area contributed by atoms with E-state index in [1.807, 2.05) is 36.7 Å². The molecule has 8 nitrogen and oxygen atoms in total. The summed E-state index contributed by atoms with van der Waals surface area (Å²) in [4.78, 5) is 20.7. The van der Waals surface area contributed by atoms with Crippen LogP contribution in [0.4, 0.5) is 0 Å². The third kappa shape index (κ3) is 4.59. The van der Waals surface area contributed by atoms with Crippen LogP contribution in [-0.2, 0) is 16.6 Å². The lowest BCUT2D eigenvalue weighted by atomic mass is 10.1. The molecule has 0 bridgehead atoms. The van der Waals surface area contributed by atoms with E-state index in [4.69, 9.17) is 10.1 Å². The fourth-order valence-electron chi connectivity index (χ4n) is 4.75. The molecule has 9 heteroatoms. The number of sulfonamides is 1. The van der Waals surface area contributed by atoms with E-state index in [1.165, 1.54) is 4.31 Å². The molecule has 0 unspecified atom stereocenters. The second kappa shape index (κ2) is 9.35. The molecule has 1 aliphatic carbocycles. The average molecular weight is 496 g/mol. The maximum Gasteiger partial charge on any atom is 0.254 e. The number of rotatable bonds is 7. The Hall–Kier alpha value is -2.78. The fourth-order valence-corrected chi connectivity index (χ4v) is 6.18. The molecule has 2 fully saturated rings. The Bertz CT molecular complexity index is 1350. The lowest BCUT2D eigenvalue weighted by Gasteiger charge is -2.34. The van der Waals surface area contributed by atoms with Crippen LogP contribution in [0.1, 0.15) is 65.8 Å². The third-order valence-corrected chi connectivity index (χ3v) is 8.94. The van der Waals surface area contributed by atoms with Crippen molar-refractivity contribution < 1.29 is 13.2 Å². The minimum absolute atomic E-state index is 0.0650. The van der Waals surface area contributed by atoms with Gasteiger partial charge in [0, 0.05) is 44.3 Å². The zero-order valence-corrected chi connectivity index (χ0v) is 21.5. The van der Waals surface area contributed by atoms with Gasteiger partial charge in [-0.1, -0.05) is 31.0 Å². The minimum atomic E-state index is -3.58. The van der Waals surface area contributed by atoms with Crippen molar-refractivity contribution in [3.8, 4) is 0 Å². The van der Waals surface area contributed by atoms with Gasteiger partial charge < -0.3 is 4.90 Å². The molecule has 1 amide bonds. The molecule has 1 aliphatic heterocycles. The van der Waals surface area contributed by atoms with Crippen LogP contribution < -0.4 is 0 Å². The van der Waals surface area contributed by atoms with Crippen LogP contribution in [0, 0.1) is 13.8 Å². The predicted octanol–water partition coefficient (Wildman–Crippen LogP) is 3.87. The number of carbonyl (C=O) groups is 1. The van der Waals surface area contributed by atoms with Crippen LogP contribution in [0.15, 0.2) is 35.2 Å². The highest BCUT2D eigenvalue weighted by atomic mass is 32.2. The number of benzene rings is 1.